The van der Waals surface area contributed by atoms with Crippen LogP contribution in [0.25, 0.3) is 21.9 Å². The van der Waals surface area contributed by atoms with Crippen LogP contribution in [-0.4, -0.2) is 29.8 Å². The molecule has 2 heterocycles. The Hall–Kier alpha value is -5.06. The summed E-state index contributed by atoms with van der Waals surface area (Å²) in [4.78, 5) is 40.7. The van der Waals surface area contributed by atoms with Crippen molar-refractivity contribution in [2.45, 2.75) is 6.54 Å². The molecule has 0 fully saturated rings. The first kappa shape index (κ1) is 22.7. The summed E-state index contributed by atoms with van der Waals surface area (Å²) in [5, 5.41) is 17.3. The number of aromatic nitrogens is 4. The van der Waals surface area contributed by atoms with Crippen molar-refractivity contribution in [1.82, 2.24) is 18.7 Å². The fourth-order valence-corrected chi connectivity index (χ4v) is 4.17. The Bertz CT molecular complexity index is 1790. The van der Waals surface area contributed by atoms with Crippen LogP contribution in [-0.2, 0) is 20.6 Å². The lowest BCUT2D eigenvalue weighted by Crippen LogP contribution is -2.37. The zero-order valence-corrected chi connectivity index (χ0v) is 19.5. The Kier molecular flexibility index (Phi) is 5.65. The molecule has 0 saturated heterocycles. The summed E-state index contributed by atoms with van der Waals surface area (Å²) in [7, 11) is 2.97. The van der Waals surface area contributed by atoms with Gasteiger partial charge in [0.2, 0.25) is 5.95 Å². The number of fused-ring (bicyclic) bond motifs is 2. The maximum absolute atomic E-state index is 13.1. The number of hydrazone groups is 1. The van der Waals surface area contributed by atoms with E-state index in [0.717, 1.165) is 20.9 Å². The molecule has 180 valence electrons. The molecule has 0 unspecified atom stereocenters. The number of benzene rings is 3. The molecule has 0 radical (unpaired) electrons. The zero-order valence-electron chi connectivity index (χ0n) is 19.5. The number of nitrogens with one attached hydrogen (secondary N) is 1. The van der Waals surface area contributed by atoms with Crippen LogP contribution >= 0.6 is 0 Å². The van der Waals surface area contributed by atoms with Crippen LogP contribution in [0.3, 0.4) is 0 Å². The second-order valence-corrected chi connectivity index (χ2v) is 8.26. The highest BCUT2D eigenvalue weighted by Gasteiger charge is 2.20. The minimum absolute atomic E-state index is 0.0550. The molecular weight excluding hydrogens is 462 g/mol. The second-order valence-electron chi connectivity index (χ2n) is 8.26. The van der Waals surface area contributed by atoms with Gasteiger partial charge in [-0.25, -0.2) is 10.2 Å². The number of imidazole rings is 1. The predicted molar refractivity (Wildman–Crippen MR) is 138 cm³/mol. The summed E-state index contributed by atoms with van der Waals surface area (Å²) >= 11 is 0. The molecule has 0 aliphatic heterocycles. The maximum Gasteiger partial charge on any atom is 0.332 e. The summed E-state index contributed by atoms with van der Waals surface area (Å²) in [5.41, 5.74) is 3.76. The van der Waals surface area contributed by atoms with Crippen LogP contribution in [0.2, 0.25) is 0 Å². The number of nitro groups is 1. The average Bonchev–Trinajstić information content (AvgIpc) is 3.24. The topological polar surface area (TPSA) is 129 Å². The van der Waals surface area contributed by atoms with Crippen molar-refractivity contribution in [2.24, 2.45) is 19.2 Å². The van der Waals surface area contributed by atoms with Gasteiger partial charge in [0.15, 0.2) is 11.2 Å². The lowest BCUT2D eigenvalue weighted by Gasteiger charge is -2.11. The summed E-state index contributed by atoms with van der Waals surface area (Å²) in [6, 6.07) is 19.9. The van der Waals surface area contributed by atoms with Crippen LogP contribution in [0.15, 0.2) is 81.4 Å². The molecule has 3 aromatic carbocycles. The molecule has 1 N–H and O–H groups in total. The summed E-state index contributed by atoms with van der Waals surface area (Å²) < 4.78 is 4.04. The summed E-state index contributed by atoms with van der Waals surface area (Å²) in [6.45, 7) is 0.292. The van der Waals surface area contributed by atoms with Gasteiger partial charge in [0.25, 0.3) is 11.2 Å². The lowest BCUT2D eigenvalue weighted by atomic mass is 10.0. The molecule has 0 aliphatic rings. The molecule has 11 heteroatoms. The van der Waals surface area contributed by atoms with E-state index in [1.165, 1.54) is 30.0 Å². The molecule has 11 nitrogen and oxygen atoms in total. The van der Waals surface area contributed by atoms with Crippen LogP contribution in [0, 0.1) is 10.1 Å². The Labute approximate surface area is 203 Å². The number of anilines is 1. The molecule has 0 bridgehead atoms. The largest absolute Gasteiger partial charge is 0.332 e. The highest BCUT2D eigenvalue weighted by molar-refractivity contribution is 5.86. The van der Waals surface area contributed by atoms with Gasteiger partial charge in [0.1, 0.15) is 0 Å². The van der Waals surface area contributed by atoms with Crippen LogP contribution in [0.1, 0.15) is 11.1 Å². The Balaban J connectivity index is 1.63. The standard InChI is InChI=1S/C25H21N7O4/c1-29-22-21(23(33)30(2)25(29)34)31(15-18-10-6-9-17-8-3-4-12-20(17)18)24(27-22)28-26-14-16-7-5-11-19(13-16)32(35)36/h3-14H,15H2,1-2H3,(H,27,28)/b26-14-. The first-order valence-electron chi connectivity index (χ1n) is 11.0. The molecule has 36 heavy (non-hydrogen) atoms. The number of nitro benzene ring substituents is 1. The number of hydrogen-bond donors (Lipinski definition) is 1. The van der Waals surface area contributed by atoms with Gasteiger partial charge in [-0.3, -0.25) is 28.6 Å². The molecule has 5 aromatic rings. The van der Waals surface area contributed by atoms with Crippen molar-refractivity contribution >= 4 is 39.8 Å². The van der Waals surface area contributed by atoms with Gasteiger partial charge in [-0.05, 0) is 16.3 Å². The van der Waals surface area contributed by atoms with Crippen molar-refractivity contribution < 1.29 is 4.92 Å². The quantitative estimate of drug-likeness (QED) is 0.225. The van der Waals surface area contributed by atoms with E-state index < -0.39 is 16.2 Å². The second kappa shape index (κ2) is 8.95. The SMILES string of the molecule is Cn1c(=O)c2c(nc(N/N=C\c3cccc([N+](=O)[O-])c3)n2Cc2cccc3ccccc23)n(C)c1=O. The van der Waals surface area contributed by atoms with Gasteiger partial charge in [0, 0.05) is 31.8 Å². The van der Waals surface area contributed by atoms with Gasteiger partial charge in [-0.15, -0.1) is 0 Å². The highest BCUT2D eigenvalue weighted by Crippen LogP contribution is 2.23. The Morgan fingerprint density at radius 2 is 1.78 bits per heavy atom. The normalized spacial score (nSPS) is 11.5. The van der Waals surface area contributed by atoms with Crippen molar-refractivity contribution in [3.05, 3.63) is 109 Å². The molecule has 0 amide bonds. The number of rotatable bonds is 6. The van der Waals surface area contributed by atoms with Gasteiger partial charge in [-0.1, -0.05) is 54.6 Å². The molecule has 0 saturated carbocycles. The van der Waals surface area contributed by atoms with Gasteiger partial charge >= 0.3 is 5.69 Å². The van der Waals surface area contributed by atoms with E-state index in [1.807, 2.05) is 42.5 Å². The monoisotopic (exact) mass is 483 g/mol. The number of nitrogens with zero attached hydrogens (tertiary/aromatic N) is 6. The zero-order chi connectivity index (χ0) is 25.4. The Morgan fingerprint density at radius 1 is 1.03 bits per heavy atom. The molecule has 2 aromatic heterocycles. The van der Waals surface area contributed by atoms with Crippen LogP contribution < -0.4 is 16.7 Å². The third kappa shape index (κ3) is 3.92. The summed E-state index contributed by atoms with van der Waals surface area (Å²) in [5.74, 6) is 0.248. The van der Waals surface area contributed by atoms with Gasteiger partial charge in [-0.2, -0.15) is 10.1 Å². The van der Waals surface area contributed by atoms with Crippen molar-refractivity contribution in [1.29, 1.82) is 0 Å². The van der Waals surface area contributed by atoms with E-state index in [-0.39, 0.29) is 22.8 Å². The smallest absolute Gasteiger partial charge is 0.298 e. The van der Waals surface area contributed by atoms with Crippen molar-refractivity contribution in [3.63, 3.8) is 0 Å². The first-order chi connectivity index (χ1) is 17.3. The van der Waals surface area contributed by atoms with Gasteiger partial charge < -0.3 is 0 Å². The minimum atomic E-state index is -0.492. The fourth-order valence-electron chi connectivity index (χ4n) is 4.17. The number of aryl methyl sites for hydroxylation is 1. The van der Waals surface area contributed by atoms with E-state index >= 15 is 0 Å². The first-order valence-corrected chi connectivity index (χ1v) is 11.0. The minimum Gasteiger partial charge on any atom is -0.298 e. The van der Waals surface area contributed by atoms with E-state index in [9.17, 15) is 19.7 Å². The van der Waals surface area contributed by atoms with Crippen molar-refractivity contribution in [3.8, 4) is 0 Å². The predicted octanol–water partition coefficient (Wildman–Crippen LogP) is 2.99. The fraction of sp³-hybridized carbons (Fsp3) is 0.120. The molecule has 5 rings (SSSR count). The maximum atomic E-state index is 13.1. The highest BCUT2D eigenvalue weighted by atomic mass is 16.6. The van der Waals surface area contributed by atoms with Crippen molar-refractivity contribution in [2.75, 3.05) is 5.43 Å². The van der Waals surface area contributed by atoms with Crippen LogP contribution in [0.5, 0.6) is 0 Å². The van der Waals surface area contributed by atoms with Gasteiger partial charge in [0.05, 0.1) is 17.7 Å². The van der Waals surface area contributed by atoms with E-state index in [0.29, 0.717) is 12.1 Å². The molecular formula is C25H21N7O4. The Morgan fingerprint density at radius 3 is 2.58 bits per heavy atom. The summed E-state index contributed by atoms with van der Waals surface area (Å²) in [6.07, 6.45) is 1.42. The molecule has 0 atom stereocenters. The van der Waals surface area contributed by atoms with E-state index in [2.05, 4.69) is 15.5 Å². The van der Waals surface area contributed by atoms with E-state index in [4.69, 9.17) is 0 Å². The van der Waals surface area contributed by atoms with E-state index in [1.54, 1.807) is 23.7 Å². The number of hydrogen-bond acceptors (Lipinski definition) is 7. The average molecular weight is 483 g/mol. The molecule has 0 spiro atoms. The number of non-ortho nitro benzene ring substituents is 1. The lowest BCUT2D eigenvalue weighted by molar-refractivity contribution is -0.384. The third-order valence-corrected chi connectivity index (χ3v) is 6.02. The third-order valence-electron chi connectivity index (χ3n) is 6.02. The van der Waals surface area contributed by atoms with Crippen LogP contribution in [0.4, 0.5) is 11.6 Å². The molecule has 0 aliphatic carbocycles.